The zero-order valence-corrected chi connectivity index (χ0v) is 16.8. The number of nitrogens with zero attached hydrogens (tertiary/aromatic N) is 1. The van der Waals surface area contributed by atoms with Crippen LogP contribution in [0.1, 0.15) is 31.9 Å². The second kappa shape index (κ2) is 9.26. The first kappa shape index (κ1) is 21.3. The topological polar surface area (TPSA) is 76.1 Å². The third-order valence-electron chi connectivity index (χ3n) is 4.20. The van der Waals surface area contributed by atoms with Gasteiger partial charge in [-0.05, 0) is 62.6 Å². The maximum atomic E-state index is 12.2. The molecule has 2 rings (SSSR count). The van der Waals surface area contributed by atoms with Crippen LogP contribution in [0.3, 0.4) is 0 Å². The molecule has 150 valence electrons. The largest absolute Gasteiger partial charge is 0.508 e. The average Bonchev–Trinajstić information content (AvgIpc) is 2.65. The van der Waals surface area contributed by atoms with Gasteiger partial charge >= 0.3 is 5.97 Å². The van der Waals surface area contributed by atoms with E-state index < -0.39 is 5.41 Å². The van der Waals surface area contributed by atoms with E-state index in [1.54, 1.807) is 49.9 Å². The SMILES string of the molecule is COc1ccc(CN(C=O)CCc2ccc(O)cc2)cc1OC(=O)C(C)(C)C. The van der Waals surface area contributed by atoms with E-state index >= 15 is 0 Å². The van der Waals surface area contributed by atoms with Crippen molar-refractivity contribution >= 4 is 12.4 Å². The van der Waals surface area contributed by atoms with Crippen molar-refractivity contribution in [2.24, 2.45) is 5.41 Å². The van der Waals surface area contributed by atoms with Gasteiger partial charge in [-0.1, -0.05) is 18.2 Å². The third-order valence-corrected chi connectivity index (χ3v) is 4.20. The number of amides is 1. The summed E-state index contributed by atoms with van der Waals surface area (Å²) < 4.78 is 10.8. The summed E-state index contributed by atoms with van der Waals surface area (Å²) in [6.07, 6.45) is 1.46. The fourth-order valence-electron chi connectivity index (χ4n) is 2.49. The number of phenolic OH excluding ortho intramolecular Hbond substituents is 1. The highest BCUT2D eigenvalue weighted by molar-refractivity contribution is 5.78. The second-order valence-electron chi connectivity index (χ2n) is 7.62. The Balaban J connectivity index is 2.08. The molecule has 1 amide bonds. The Morgan fingerprint density at radius 3 is 2.29 bits per heavy atom. The fraction of sp³-hybridized carbons (Fsp3) is 0.364. The van der Waals surface area contributed by atoms with Crippen LogP contribution in [0.2, 0.25) is 0 Å². The van der Waals surface area contributed by atoms with E-state index in [2.05, 4.69) is 0 Å². The van der Waals surface area contributed by atoms with Gasteiger partial charge in [-0.25, -0.2) is 0 Å². The molecular formula is C22H27NO5. The van der Waals surface area contributed by atoms with Gasteiger partial charge in [0.05, 0.1) is 12.5 Å². The summed E-state index contributed by atoms with van der Waals surface area (Å²) in [5, 5.41) is 9.34. The van der Waals surface area contributed by atoms with Crippen molar-refractivity contribution in [1.82, 2.24) is 4.90 Å². The normalized spacial score (nSPS) is 11.0. The summed E-state index contributed by atoms with van der Waals surface area (Å²) in [5.41, 5.74) is 1.22. The molecule has 0 bridgehead atoms. The molecule has 0 heterocycles. The van der Waals surface area contributed by atoms with E-state index in [1.165, 1.54) is 7.11 Å². The van der Waals surface area contributed by atoms with Gasteiger partial charge < -0.3 is 19.5 Å². The van der Waals surface area contributed by atoms with E-state index in [4.69, 9.17) is 9.47 Å². The summed E-state index contributed by atoms with van der Waals surface area (Å²) >= 11 is 0. The molecule has 6 heteroatoms. The Bertz CT molecular complexity index is 809. The highest BCUT2D eigenvalue weighted by Gasteiger charge is 2.25. The smallest absolute Gasteiger partial charge is 0.316 e. The molecule has 2 aromatic rings. The van der Waals surface area contributed by atoms with Gasteiger partial charge in [-0.2, -0.15) is 0 Å². The summed E-state index contributed by atoms with van der Waals surface area (Å²) in [6, 6.07) is 12.2. The molecule has 0 fully saturated rings. The predicted molar refractivity (Wildman–Crippen MR) is 106 cm³/mol. The Morgan fingerprint density at radius 2 is 1.71 bits per heavy atom. The first-order chi connectivity index (χ1) is 13.2. The Labute approximate surface area is 165 Å². The lowest BCUT2D eigenvalue weighted by molar-refractivity contribution is -0.143. The Morgan fingerprint density at radius 1 is 1.07 bits per heavy atom. The predicted octanol–water partition coefficient (Wildman–Crippen LogP) is 3.55. The van der Waals surface area contributed by atoms with Crippen LogP contribution in [0.25, 0.3) is 0 Å². The summed E-state index contributed by atoms with van der Waals surface area (Å²) in [6.45, 7) is 6.25. The summed E-state index contributed by atoms with van der Waals surface area (Å²) in [4.78, 5) is 25.3. The highest BCUT2D eigenvalue weighted by Crippen LogP contribution is 2.30. The van der Waals surface area contributed by atoms with Crippen LogP contribution in [0.15, 0.2) is 42.5 Å². The molecule has 0 aliphatic heterocycles. The number of hydrogen-bond acceptors (Lipinski definition) is 5. The lowest BCUT2D eigenvalue weighted by atomic mass is 9.97. The van der Waals surface area contributed by atoms with E-state index in [1.807, 2.05) is 18.2 Å². The molecule has 1 N–H and O–H groups in total. The van der Waals surface area contributed by atoms with E-state index in [-0.39, 0.29) is 11.7 Å². The molecule has 0 saturated heterocycles. The van der Waals surface area contributed by atoms with Crippen molar-refractivity contribution in [3.63, 3.8) is 0 Å². The number of ether oxygens (including phenoxy) is 2. The molecular weight excluding hydrogens is 358 g/mol. The number of carbonyl (C=O) groups excluding carboxylic acids is 2. The second-order valence-corrected chi connectivity index (χ2v) is 7.62. The van der Waals surface area contributed by atoms with Crippen LogP contribution in [0, 0.1) is 5.41 Å². The Hall–Kier alpha value is -3.02. The third kappa shape index (κ3) is 6.01. The number of phenols is 1. The lowest BCUT2D eigenvalue weighted by Gasteiger charge is -2.20. The number of rotatable bonds is 8. The number of methoxy groups -OCH3 is 1. The molecule has 0 unspecified atom stereocenters. The molecule has 2 aromatic carbocycles. The molecule has 28 heavy (non-hydrogen) atoms. The molecule has 6 nitrogen and oxygen atoms in total. The van der Waals surface area contributed by atoms with Gasteiger partial charge in [0.15, 0.2) is 11.5 Å². The molecule has 0 aliphatic rings. The van der Waals surface area contributed by atoms with Crippen molar-refractivity contribution < 1.29 is 24.2 Å². The van der Waals surface area contributed by atoms with Crippen LogP contribution >= 0.6 is 0 Å². The number of carbonyl (C=O) groups is 2. The van der Waals surface area contributed by atoms with E-state index in [0.29, 0.717) is 31.0 Å². The number of benzene rings is 2. The molecule has 0 spiro atoms. The summed E-state index contributed by atoms with van der Waals surface area (Å²) in [7, 11) is 1.51. The zero-order valence-electron chi connectivity index (χ0n) is 16.8. The minimum Gasteiger partial charge on any atom is -0.508 e. The van der Waals surface area contributed by atoms with E-state index in [9.17, 15) is 14.7 Å². The van der Waals surface area contributed by atoms with Gasteiger partial charge in [-0.3, -0.25) is 9.59 Å². The highest BCUT2D eigenvalue weighted by atomic mass is 16.6. The van der Waals surface area contributed by atoms with Crippen molar-refractivity contribution in [2.45, 2.75) is 33.7 Å². The van der Waals surface area contributed by atoms with Crippen molar-refractivity contribution in [3.8, 4) is 17.2 Å². The maximum absolute atomic E-state index is 12.2. The quantitative estimate of drug-likeness (QED) is 0.427. The fourth-order valence-corrected chi connectivity index (χ4v) is 2.49. The van der Waals surface area contributed by atoms with Gasteiger partial charge in [0.1, 0.15) is 5.75 Å². The van der Waals surface area contributed by atoms with Gasteiger partial charge in [0.2, 0.25) is 6.41 Å². The maximum Gasteiger partial charge on any atom is 0.316 e. The zero-order chi connectivity index (χ0) is 20.7. The molecule has 0 saturated carbocycles. The monoisotopic (exact) mass is 385 g/mol. The number of aromatic hydroxyl groups is 1. The minimum atomic E-state index is -0.639. The van der Waals surface area contributed by atoms with Crippen LogP contribution in [0.5, 0.6) is 17.2 Å². The summed E-state index contributed by atoms with van der Waals surface area (Å²) in [5.74, 6) is 0.654. The number of hydrogen-bond donors (Lipinski definition) is 1. The lowest BCUT2D eigenvalue weighted by Crippen LogP contribution is -2.26. The molecule has 0 atom stereocenters. The number of esters is 1. The van der Waals surface area contributed by atoms with Crippen molar-refractivity contribution in [3.05, 3.63) is 53.6 Å². The van der Waals surface area contributed by atoms with Gasteiger partial charge in [-0.15, -0.1) is 0 Å². The molecule has 0 aliphatic carbocycles. The van der Waals surface area contributed by atoms with Crippen LogP contribution < -0.4 is 9.47 Å². The minimum absolute atomic E-state index is 0.214. The molecule has 0 aromatic heterocycles. The Kier molecular flexibility index (Phi) is 7.04. The van der Waals surface area contributed by atoms with Gasteiger partial charge in [0.25, 0.3) is 0 Å². The van der Waals surface area contributed by atoms with Crippen LogP contribution in [0.4, 0.5) is 0 Å². The van der Waals surface area contributed by atoms with Crippen LogP contribution in [-0.4, -0.2) is 36.0 Å². The average molecular weight is 385 g/mol. The first-order valence-electron chi connectivity index (χ1n) is 9.09. The van der Waals surface area contributed by atoms with Crippen molar-refractivity contribution in [2.75, 3.05) is 13.7 Å². The van der Waals surface area contributed by atoms with Crippen LogP contribution in [-0.2, 0) is 22.6 Å². The molecule has 0 radical (unpaired) electrons. The van der Waals surface area contributed by atoms with Gasteiger partial charge in [0, 0.05) is 13.1 Å². The first-order valence-corrected chi connectivity index (χ1v) is 9.09. The standard InChI is InChI=1S/C22H27NO5/c1-22(2,3)21(26)28-20-13-17(7-10-19(20)27-4)14-23(15-24)12-11-16-5-8-18(25)9-6-16/h5-10,13,15,25H,11-12,14H2,1-4H3. The van der Waals surface area contributed by atoms with E-state index in [0.717, 1.165) is 17.5 Å². The van der Waals surface area contributed by atoms with Crippen molar-refractivity contribution in [1.29, 1.82) is 0 Å².